The number of aliphatic imine (C=N–C) groups is 1. The van der Waals surface area contributed by atoms with E-state index in [1.54, 1.807) is 0 Å². The number of nitrogens with zero attached hydrogens (tertiary/aromatic N) is 1. The third-order valence-electron chi connectivity index (χ3n) is 6.05. The van der Waals surface area contributed by atoms with Gasteiger partial charge >= 0.3 is 5.97 Å². The van der Waals surface area contributed by atoms with Gasteiger partial charge in [-0.15, -0.1) is 0 Å². The number of esters is 1. The van der Waals surface area contributed by atoms with Crippen LogP contribution in [0.15, 0.2) is 40.5 Å². The highest BCUT2D eigenvalue weighted by Gasteiger charge is 2.45. The van der Waals surface area contributed by atoms with E-state index in [9.17, 15) is 9.59 Å². The van der Waals surface area contributed by atoms with Crippen LogP contribution in [0.2, 0.25) is 0 Å². The Balaban J connectivity index is 2.06. The summed E-state index contributed by atoms with van der Waals surface area (Å²) in [6.45, 7) is 10.7. The summed E-state index contributed by atoms with van der Waals surface area (Å²) in [4.78, 5) is 31.0. The molecule has 2 atom stereocenters. The standard InChI is InChI=1S/C25H33NO3/c1-6-8-13-29-24(28)21-16(3)26-19-14-25(4,5)15-20(27)23(19)22(21)18-11-9-17(7-2)10-12-18/h9-12,21-22H,6-8,13-15H2,1-5H3/t21?,22-/m0/s1. The molecule has 0 fully saturated rings. The van der Waals surface area contributed by atoms with Gasteiger partial charge in [-0.3, -0.25) is 14.6 Å². The molecule has 0 aromatic heterocycles. The Hall–Kier alpha value is -2.23. The van der Waals surface area contributed by atoms with Gasteiger partial charge in [-0.25, -0.2) is 0 Å². The molecule has 3 rings (SSSR count). The first-order chi connectivity index (χ1) is 13.8. The number of hydrogen-bond donors (Lipinski definition) is 0. The summed E-state index contributed by atoms with van der Waals surface area (Å²) >= 11 is 0. The van der Waals surface area contributed by atoms with E-state index in [1.807, 2.05) is 6.92 Å². The summed E-state index contributed by atoms with van der Waals surface area (Å²) in [6.07, 6.45) is 4.00. The molecule has 0 spiro atoms. The number of carbonyl (C=O) groups is 2. The van der Waals surface area contributed by atoms with E-state index in [2.05, 4.69) is 52.0 Å². The maximum absolute atomic E-state index is 13.2. The Morgan fingerprint density at radius 3 is 2.48 bits per heavy atom. The number of hydrogen-bond acceptors (Lipinski definition) is 4. The molecule has 1 aliphatic heterocycles. The first kappa shape index (κ1) is 21.5. The Morgan fingerprint density at radius 1 is 1.17 bits per heavy atom. The van der Waals surface area contributed by atoms with Crippen LogP contribution in [0.25, 0.3) is 0 Å². The molecule has 1 aliphatic carbocycles. The molecule has 0 bridgehead atoms. The molecule has 0 radical (unpaired) electrons. The molecule has 4 nitrogen and oxygen atoms in total. The van der Waals surface area contributed by atoms with Crippen molar-refractivity contribution < 1.29 is 14.3 Å². The van der Waals surface area contributed by atoms with Gasteiger partial charge in [0.2, 0.25) is 0 Å². The topological polar surface area (TPSA) is 55.7 Å². The van der Waals surface area contributed by atoms with Crippen LogP contribution >= 0.6 is 0 Å². The second-order valence-electron chi connectivity index (χ2n) is 9.13. The van der Waals surface area contributed by atoms with Gasteiger partial charge in [0.05, 0.1) is 6.61 Å². The van der Waals surface area contributed by atoms with Gasteiger partial charge in [0.15, 0.2) is 5.78 Å². The third-order valence-corrected chi connectivity index (χ3v) is 6.05. The van der Waals surface area contributed by atoms with Gasteiger partial charge in [-0.05, 0) is 42.7 Å². The van der Waals surface area contributed by atoms with E-state index in [0.717, 1.165) is 48.2 Å². The first-order valence-corrected chi connectivity index (χ1v) is 10.8. The monoisotopic (exact) mass is 395 g/mol. The number of benzene rings is 1. The Kier molecular flexibility index (Phi) is 6.40. The molecule has 1 unspecified atom stereocenters. The van der Waals surface area contributed by atoms with Gasteiger partial charge in [0, 0.05) is 29.3 Å². The Morgan fingerprint density at radius 2 is 1.86 bits per heavy atom. The zero-order chi connectivity index (χ0) is 21.2. The highest BCUT2D eigenvalue weighted by atomic mass is 16.5. The lowest BCUT2D eigenvalue weighted by atomic mass is 9.67. The summed E-state index contributed by atoms with van der Waals surface area (Å²) in [7, 11) is 0. The van der Waals surface area contributed by atoms with Crippen molar-refractivity contribution in [3.63, 3.8) is 0 Å². The van der Waals surface area contributed by atoms with Gasteiger partial charge in [0.25, 0.3) is 0 Å². The molecule has 1 aromatic rings. The van der Waals surface area contributed by atoms with Gasteiger partial charge in [-0.2, -0.15) is 0 Å². The van der Waals surface area contributed by atoms with Crippen molar-refractivity contribution in [3.05, 3.63) is 46.7 Å². The minimum atomic E-state index is -0.539. The molecule has 29 heavy (non-hydrogen) atoms. The lowest BCUT2D eigenvalue weighted by molar-refractivity contribution is -0.146. The van der Waals surface area contributed by atoms with Crippen LogP contribution in [-0.4, -0.2) is 24.1 Å². The minimum absolute atomic E-state index is 0.106. The highest BCUT2D eigenvalue weighted by Crippen LogP contribution is 2.47. The normalized spacial score (nSPS) is 23.5. The molecule has 0 saturated carbocycles. The van der Waals surface area contributed by atoms with Gasteiger partial charge < -0.3 is 4.74 Å². The molecular formula is C25H33NO3. The summed E-state index contributed by atoms with van der Waals surface area (Å²) < 4.78 is 5.59. The molecular weight excluding hydrogens is 362 g/mol. The molecule has 0 amide bonds. The van der Waals surface area contributed by atoms with Crippen molar-refractivity contribution in [2.24, 2.45) is 16.3 Å². The van der Waals surface area contributed by atoms with Gasteiger partial charge in [-0.1, -0.05) is 58.4 Å². The average Bonchev–Trinajstić information content (AvgIpc) is 2.66. The van der Waals surface area contributed by atoms with Crippen LogP contribution in [0.5, 0.6) is 0 Å². The van der Waals surface area contributed by atoms with Crippen LogP contribution in [0, 0.1) is 11.3 Å². The molecule has 1 heterocycles. The smallest absolute Gasteiger partial charge is 0.315 e. The number of unbranched alkanes of at least 4 members (excludes halogenated alkanes) is 1. The molecule has 4 heteroatoms. The Bertz CT molecular complexity index is 845. The van der Waals surface area contributed by atoms with Crippen LogP contribution in [-0.2, 0) is 20.7 Å². The second-order valence-corrected chi connectivity index (χ2v) is 9.13. The van der Waals surface area contributed by atoms with Crippen LogP contribution < -0.4 is 0 Å². The zero-order valence-corrected chi connectivity index (χ0v) is 18.4. The fraction of sp³-hybridized carbons (Fsp3) is 0.560. The van der Waals surface area contributed by atoms with Gasteiger partial charge in [0.1, 0.15) is 5.92 Å². The van der Waals surface area contributed by atoms with Crippen LogP contribution in [0.4, 0.5) is 0 Å². The first-order valence-electron chi connectivity index (χ1n) is 10.8. The van der Waals surface area contributed by atoms with E-state index in [4.69, 9.17) is 9.73 Å². The van der Waals surface area contributed by atoms with Crippen molar-refractivity contribution >= 4 is 17.5 Å². The predicted molar refractivity (Wildman–Crippen MR) is 116 cm³/mol. The SMILES string of the molecule is CCCCOC(=O)C1C(C)=NC2=C(C(=O)CC(C)(C)C2)[C@H]1c1ccc(CC)cc1. The van der Waals surface area contributed by atoms with Crippen molar-refractivity contribution in [1.82, 2.24) is 0 Å². The van der Waals surface area contributed by atoms with E-state index >= 15 is 0 Å². The molecule has 2 aliphatic rings. The number of Topliss-reactive ketones (excluding diaryl/α,β-unsaturated/α-hetero) is 1. The summed E-state index contributed by atoms with van der Waals surface area (Å²) in [5.74, 6) is -1.01. The van der Waals surface area contributed by atoms with E-state index in [-0.39, 0.29) is 23.1 Å². The predicted octanol–water partition coefficient (Wildman–Crippen LogP) is 5.41. The number of rotatable bonds is 6. The number of ketones is 1. The molecule has 0 saturated heterocycles. The third kappa shape index (κ3) is 4.52. The number of ether oxygens (including phenoxy) is 1. The summed E-state index contributed by atoms with van der Waals surface area (Å²) in [6, 6.07) is 8.30. The van der Waals surface area contributed by atoms with Crippen molar-refractivity contribution in [3.8, 4) is 0 Å². The summed E-state index contributed by atoms with van der Waals surface area (Å²) in [5.41, 5.74) is 4.45. The van der Waals surface area contributed by atoms with E-state index in [0.29, 0.717) is 13.0 Å². The van der Waals surface area contributed by atoms with Crippen molar-refractivity contribution in [2.75, 3.05) is 6.61 Å². The minimum Gasteiger partial charge on any atom is -0.465 e. The molecule has 0 N–H and O–H groups in total. The maximum Gasteiger partial charge on any atom is 0.315 e. The summed E-state index contributed by atoms with van der Waals surface area (Å²) in [5, 5.41) is 0. The largest absolute Gasteiger partial charge is 0.465 e. The number of allylic oxidation sites excluding steroid dienone is 2. The fourth-order valence-corrected chi connectivity index (χ4v) is 4.48. The van der Waals surface area contributed by atoms with Crippen LogP contribution in [0.1, 0.15) is 77.3 Å². The van der Waals surface area contributed by atoms with Crippen molar-refractivity contribution in [1.29, 1.82) is 0 Å². The quantitative estimate of drug-likeness (QED) is 0.478. The average molecular weight is 396 g/mol. The number of carbonyl (C=O) groups excluding carboxylic acids is 2. The molecule has 1 aromatic carbocycles. The van der Waals surface area contributed by atoms with E-state index < -0.39 is 5.92 Å². The lowest BCUT2D eigenvalue weighted by Crippen LogP contribution is -2.39. The fourth-order valence-electron chi connectivity index (χ4n) is 4.48. The number of aryl methyl sites for hydroxylation is 1. The van der Waals surface area contributed by atoms with Crippen LogP contribution in [0.3, 0.4) is 0 Å². The molecule has 156 valence electrons. The zero-order valence-electron chi connectivity index (χ0n) is 18.4. The van der Waals surface area contributed by atoms with Crippen molar-refractivity contribution in [2.45, 2.75) is 72.6 Å². The second kappa shape index (κ2) is 8.64. The Labute approximate surface area is 174 Å². The lowest BCUT2D eigenvalue weighted by Gasteiger charge is -2.39. The highest BCUT2D eigenvalue weighted by molar-refractivity contribution is 6.09. The maximum atomic E-state index is 13.2. The van der Waals surface area contributed by atoms with E-state index in [1.165, 1.54) is 5.56 Å².